The van der Waals surface area contributed by atoms with Crippen LogP contribution >= 0.6 is 0 Å². The maximum Gasteiger partial charge on any atom is 0.0124 e. The number of nitrogens with zero attached hydrogens (tertiary/aromatic N) is 1. The predicted molar refractivity (Wildman–Crippen MR) is 72.0 cm³/mol. The molecule has 4 aliphatic rings. The van der Waals surface area contributed by atoms with Crippen LogP contribution in [-0.2, 0) is 0 Å². The summed E-state index contributed by atoms with van der Waals surface area (Å²) in [5, 5.41) is 3.89. The lowest BCUT2D eigenvalue weighted by molar-refractivity contribution is -0.0139. The summed E-state index contributed by atoms with van der Waals surface area (Å²) in [6.07, 6.45) is 7.71. The molecule has 4 bridgehead atoms. The van der Waals surface area contributed by atoms with Gasteiger partial charge in [0.15, 0.2) is 0 Å². The van der Waals surface area contributed by atoms with Crippen LogP contribution in [0.25, 0.3) is 0 Å². The van der Waals surface area contributed by atoms with Crippen LogP contribution in [0, 0.1) is 23.7 Å². The highest BCUT2D eigenvalue weighted by Crippen LogP contribution is 2.53. The molecule has 0 unspecified atom stereocenters. The predicted octanol–water partition coefficient (Wildman–Crippen LogP) is 2.35. The molecule has 1 N–H and O–H groups in total. The van der Waals surface area contributed by atoms with Crippen LogP contribution in [0.3, 0.4) is 0 Å². The largest absolute Gasteiger partial charge is 0.312 e. The lowest BCUT2D eigenvalue weighted by Crippen LogP contribution is -2.55. The van der Waals surface area contributed by atoms with E-state index in [0.29, 0.717) is 0 Å². The minimum absolute atomic E-state index is 0.869. The fraction of sp³-hybridized carbons (Fsp3) is 1.00. The van der Waals surface area contributed by atoms with Crippen LogP contribution in [0.15, 0.2) is 0 Å². The summed E-state index contributed by atoms with van der Waals surface area (Å²) >= 11 is 0. The number of likely N-dealkylation sites (N-methyl/N-ethyl adjacent to an activating group) is 1. The summed E-state index contributed by atoms with van der Waals surface area (Å²) in [7, 11) is 2.22. The molecule has 4 saturated carbocycles. The zero-order chi connectivity index (χ0) is 11.8. The first-order chi connectivity index (χ1) is 8.26. The van der Waals surface area contributed by atoms with E-state index in [1.54, 1.807) is 6.42 Å². The third kappa shape index (κ3) is 2.39. The SMILES string of the molecule is CCN(C)CCNC1C2CC3CC(C2)CC1C3. The maximum atomic E-state index is 3.89. The molecule has 0 aromatic carbocycles. The monoisotopic (exact) mass is 236 g/mol. The van der Waals surface area contributed by atoms with E-state index >= 15 is 0 Å². The van der Waals surface area contributed by atoms with Crippen LogP contribution in [0.4, 0.5) is 0 Å². The smallest absolute Gasteiger partial charge is 0.0124 e. The van der Waals surface area contributed by atoms with Gasteiger partial charge in [-0.2, -0.15) is 0 Å². The van der Waals surface area contributed by atoms with Gasteiger partial charge in [0, 0.05) is 19.1 Å². The normalized spacial score (nSPS) is 43.6. The van der Waals surface area contributed by atoms with Gasteiger partial charge in [-0.05, 0) is 69.4 Å². The highest BCUT2D eigenvalue weighted by atomic mass is 15.1. The fourth-order valence-electron chi connectivity index (χ4n) is 4.84. The van der Waals surface area contributed by atoms with Crippen molar-refractivity contribution in [1.29, 1.82) is 0 Å². The molecular weight excluding hydrogens is 208 g/mol. The lowest BCUT2D eigenvalue weighted by Gasteiger charge is -2.54. The Morgan fingerprint density at radius 2 is 1.59 bits per heavy atom. The standard InChI is InChI=1S/C15H28N2/c1-3-17(2)5-4-16-15-13-7-11-6-12(9-13)10-14(15)8-11/h11-16H,3-10H2,1-2H3. The molecule has 4 aliphatic carbocycles. The Kier molecular flexibility index (Phi) is 3.45. The number of nitrogens with one attached hydrogen (secondary N) is 1. The van der Waals surface area contributed by atoms with Gasteiger partial charge < -0.3 is 10.2 Å². The molecule has 0 amide bonds. The van der Waals surface area contributed by atoms with Crippen molar-refractivity contribution in [3.05, 3.63) is 0 Å². The van der Waals surface area contributed by atoms with Crippen molar-refractivity contribution in [3.8, 4) is 0 Å². The highest BCUT2D eigenvalue weighted by Gasteiger charge is 2.47. The van der Waals surface area contributed by atoms with E-state index in [4.69, 9.17) is 0 Å². The third-order valence-electron chi connectivity index (χ3n) is 5.64. The van der Waals surface area contributed by atoms with Crippen LogP contribution in [-0.4, -0.2) is 37.6 Å². The first-order valence-electron chi connectivity index (χ1n) is 7.68. The van der Waals surface area contributed by atoms with E-state index in [1.807, 2.05) is 0 Å². The van der Waals surface area contributed by atoms with Crippen molar-refractivity contribution in [2.24, 2.45) is 23.7 Å². The molecule has 4 rings (SSSR count). The second-order valence-corrected chi connectivity index (χ2v) is 6.81. The Morgan fingerprint density at radius 3 is 2.12 bits per heavy atom. The molecule has 0 radical (unpaired) electrons. The van der Waals surface area contributed by atoms with Gasteiger partial charge in [-0.25, -0.2) is 0 Å². The Morgan fingerprint density at radius 1 is 1.00 bits per heavy atom. The fourth-order valence-corrected chi connectivity index (χ4v) is 4.84. The number of rotatable bonds is 5. The highest BCUT2D eigenvalue weighted by molar-refractivity contribution is 5.01. The van der Waals surface area contributed by atoms with Gasteiger partial charge in [-0.1, -0.05) is 6.92 Å². The zero-order valence-electron chi connectivity index (χ0n) is 11.5. The second kappa shape index (κ2) is 4.89. The van der Waals surface area contributed by atoms with E-state index in [2.05, 4.69) is 24.2 Å². The van der Waals surface area contributed by atoms with Gasteiger partial charge >= 0.3 is 0 Å². The Balaban J connectivity index is 1.51. The van der Waals surface area contributed by atoms with Gasteiger partial charge in [-0.15, -0.1) is 0 Å². The molecule has 98 valence electrons. The first kappa shape index (κ1) is 12.0. The van der Waals surface area contributed by atoms with Crippen molar-refractivity contribution in [3.63, 3.8) is 0 Å². The summed E-state index contributed by atoms with van der Waals surface area (Å²) < 4.78 is 0. The average molecular weight is 236 g/mol. The number of hydrogen-bond donors (Lipinski definition) is 1. The molecule has 4 fully saturated rings. The van der Waals surface area contributed by atoms with E-state index in [-0.39, 0.29) is 0 Å². The summed E-state index contributed by atoms with van der Waals surface area (Å²) in [4.78, 5) is 2.41. The molecule has 2 nitrogen and oxygen atoms in total. The summed E-state index contributed by atoms with van der Waals surface area (Å²) in [5.74, 6) is 4.26. The van der Waals surface area contributed by atoms with Crippen molar-refractivity contribution in [2.45, 2.75) is 45.1 Å². The molecule has 0 heterocycles. The molecule has 2 heteroatoms. The average Bonchev–Trinajstić information content (AvgIpc) is 2.31. The van der Waals surface area contributed by atoms with E-state index in [1.165, 1.54) is 45.3 Å². The van der Waals surface area contributed by atoms with Crippen molar-refractivity contribution in [2.75, 3.05) is 26.7 Å². The second-order valence-electron chi connectivity index (χ2n) is 6.81. The minimum Gasteiger partial charge on any atom is -0.312 e. The molecule has 0 aliphatic heterocycles. The van der Waals surface area contributed by atoms with Gasteiger partial charge in [0.1, 0.15) is 0 Å². The van der Waals surface area contributed by atoms with Crippen molar-refractivity contribution >= 4 is 0 Å². The summed E-state index contributed by atoms with van der Waals surface area (Å²) in [6.45, 7) is 5.81. The van der Waals surface area contributed by atoms with Crippen LogP contribution in [0.1, 0.15) is 39.0 Å². The van der Waals surface area contributed by atoms with E-state index in [0.717, 1.165) is 29.7 Å². The number of hydrogen-bond acceptors (Lipinski definition) is 2. The Bertz CT molecular complexity index is 236. The van der Waals surface area contributed by atoms with Crippen LogP contribution in [0.2, 0.25) is 0 Å². The lowest BCUT2D eigenvalue weighted by atomic mass is 9.54. The summed E-state index contributed by atoms with van der Waals surface area (Å²) in [6, 6.07) is 0.869. The van der Waals surface area contributed by atoms with Gasteiger partial charge in [0.25, 0.3) is 0 Å². The van der Waals surface area contributed by atoms with Gasteiger partial charge in [0.2, 0.25) is 0 Å². The molecule has 0 spiro atoms. The van der Waals surface area contributed by atoms with Crippen LogP contribution in [0.5, 0.6) is 0 Å². The molecule has 17 heavy (non-hydrogen) atoms. The van der Waals surface area contributed by atoms with Crippen LogP contribution < -0.4 is 5.32 Å². The molecule has 0 atom stereocenters. The van der Waals surface area contributed by atoms with Crippen molar-refractivity contribution in [1.82, 2.24) is 10.2 Å². The van der Waals surface area contributed by atoms with Crippen molar-refractivity contribution < 1.29 is 0 Å². The third-order valence-corrected chi connectivity index (χ3v) is 5.64. The summed E-state index contributed by atoms with van der Waals surface area (Å²) in [5.41, 5.74) is 0. The molecular formula is C15H28N2. The molecule has 0 aromatic heterocycles. The van der Waals surface area contributed by atoms with E-state index in [9.17, 15) is 0 Å². The van der Waals surface area contributed by atoms with Gasteiger partial charge in [-0.3, -0.25) is 0 Å². The quantitative estimate of drug-likeness (QED) is 0.788. The molecule has 0 saturated heterocycles. The Hall–Kier alpha value is -0.0800. The maximum absolute atomic E-state index is 3.89. The minimum atomic E-state index is 0.869. The Labute approximate surface area is 106 Å². The topological polar surface area (TPSA) is 15.3 Å². The molecule has 0 aromatic rings. The van der Waals surface area contributed by atoms with E-state index < -0.39 is 0 Å². The first-order valence-corrected chi connectivity index (χ1v) is 7.68. The zero-order valence-corrected chi connectivity index (χ0v) is 11.5. The van der Waals surface area contributed by atoms with Gasteiger partial charge in [0.05, 0.1) is 0 Å².